The molecule has 0 unspecified atom stereocenters. The number of fused-ring (bicyclic) bond motifs is 1. The zero-order valence-electron chi connectivity index (χ0n) is 14.4. The molecular formula is C20H17NO5. The summed E-state index contributed by atoms with van der Waals surface area (Å²) in [7, 11) is 3.04. The molecule has 1 aliphatic heterocycles. The summed E-state index contributed by atoms with van der Waals surface area (Å²) >= 11 is 0. The number of hydrogen-bond donors (Lipinski definition) is 0. The van der Waals surface area contributed by atoms with Crippen molar-refractivity contribution in [1.29, 1.82) is 5.26 Å². The molecule has 0 radical (unpaired) electrons. The fourth-order valence-corrected chi connectivity index (χ4v) is 2.61. The minimum Gasteiger partial charge on any atom is -0.497 e. The van der Waals surface area contributed by atoms with Gasteiger partial charge in [0.1, 0.15) is 30.6 Å². The van der Waals surface area contributed by atoms with Gasteiger partial charge in [-0.05, 0) is 35.9 Å². The average Bonchev–Trinajstić information content (AvgIpc) is 2.70. The maximum absolute atomic E-state index is 12.7. The van der Waals surface area contributed by atoms with Crippen molar-refractivity contribution in [2.75, 3.05) is 27.4 Å². The number of carbonyl (C=O) groups is 1. The van der Waals surface area contributed by atoms with Crippen molar-refractivity contribution in [3.8, 4) is 29.1 Å². The van der Waals surface area contributed by atoms with Crippen LogP contribution in [0.25, 0.3) is 6.08 Å². The number of ketones is 1. The van der Waals surface area contributed by atoms with E-state index in [2.05, 4.69) is 0 Å². The second-order valence-corrected chi connectivity index (χ2v) is 5.48. The number of nitriles is 1. The van der Waals surface area contributed by atoms with Crippen LogP contribution in [-0.2, 0) is 0 Å². The number of ether oxygens (including phenoxy) is 4. The molecule has 0 bridgehead atoms. The van der Waals surface area contributed by atoms with Crippen molar-refractivity contribution < 1.29 is 23.7 Å². The van der Waals surface area contributed by atoms with E-state index in [1.54, 1.807) is 36.4 Å². The first-order chi connectivity index (χ1) is 12.7. The van der Waals surface area contributed by atoms with Crippen LogP contribution in [0.15, 0.2) is 42.0 Å². The lowest BCUT2D eigenvalue weighted by Crippen LogP contribution is -2.16. The van der Waals surface area contributed by atoms with Crippen LogP contribution in [0.1, 0.15) is 15.9 Å². The van der Waals surface area contributed by atoms with E-state index < -0.39 is 0 Å². The summed E-state index contributed by atoms with van der Waals surface area (Å²) < 4.78 is 21.6. The smallest absolute Gasteiger partial charge is 0.203 e. The van der Waals surface area contributed by atoms with Gasteiger partial charge < -0.3 is 18.9 Å². The van der Waals surface area contributed by atoms with Gasteiger partial charge in [-0.3, -0.25) is 4.79 Å². The van der Waals surface area contributed by atoms with Gasteiger partial charge in [0, 0.05) is 5.56 Å². The van der Waals surface area contributed by atoms with E-state index in [-0.39, 0.29) is 11.4 Å². The molecule has 2 aromatic carbocycles. The van der Waals surface area contributed by atoms with Crippen molar-refractivity contribution in [2.45, 2.75) is 0 Å². The Hall–Kier alpha value is -3.46. The summed E-state index contributed by atoms with van der Waals surface area (Å²) in [6.07, 6.45) is 1.50. The molecule has 0 fully saturated rings. The molecule has 0 saturated carbocycles. The van der Waals surface area contributed by atoms with Crippen LogP contribution < -0.4 is 18.9 Å². The van der Waals surface area contributed by atoms with Crippen LogP contribution in [0.3, 0.4) is 0 Å². The quantitative estimate of drug-likeness (QED) is 0.467. The summed E-state index contributed by atoms with van der Waals surface area (Å²) in [5, 5.41) is 9.45. The van der Waals surface area contributed by atoms with E-state index in [9.17, 15) is 10.1 Å². The van der Waals surface area contributed by atoms with Gasteiger partial charge in [0.05, 0.1) is 14.2 Å². The molecule has 0 N–H and O–H groups in total. The van der Waals surface area contributed by atoms with E-state index >= 15 is 0 Å². The molecule has 1 aliphatic rings. The second kappa shape index (κ2) is 7.62. The summed E-state index contributed by atoms with van der Waals surface area (Å²) in [4.78, 5) is 12.7. The molecule has 0 amide bonds. The van der Waals surface area contributed by atoms with Gasteiger partial charge in [0.2, 0.25) is 11.5 Å². The van der Waals surface area contributed by atoms with Crippen LogP contribution in [0.5, 0.6) is 23.0 Å². The molecule has 132 valence electrons. The fourth-order valence-electron chi connectivity index (χ4n) is 2.61. The molecule has 6 heteroatoms. The topological polar surface area (TPSA) is 77.8 Å². The van der Waals surface area contributed by atoms with Crippen LogP contribution in [0.4, 0.5) is 0 Å². The molecular weight excluding hydrogens is 334 g/mol. The number of carbonyl (C=O) groups excluding carboxylic acids is 1. The number of Topliss-reactive ketones (excluding diaryl/α,β-unsaturated/α-hetero) is 1. The van der Waals surface area contributed by atoms with Crippen molar-refractivity contribution in [3.05, 3.63) is 53.1 Å². The Morgan fingerprint density at radius 1 is 1.15 bits per heavy atom. The summed E-state index contributed by atoms with van der Waals surface area (Å²) in [5.74, 6) is 1.69. The average molecular weight is 351 g/mol. The molecule has 0 atom stereocenters. The van der Waals surface area contributed by atoms with E-state index in [1.807, 2.05) is 6.07 Å². The first-order valence-electron chi connectivity index (χ1n) is 7.94. The molecule has 0 spiro atoms. The predicted octanol–water partition coefficient (Wildman–Crippen LogP) is 3.26. The molecule has 1 heterocycles. The molecule has 3 rings (SSSR count). The molecule has 0 aliphatic carbocycles. The number of benzene rings is 2. The van der Waals surface area contributed by atoms with Gasteiger partial charge in [-0.25, -0.2) is 0 Å². The third-order valence-corrected chi connectivity index (χ3v) is 3.86. The summed E-state index contributed by atoms with van der Waals surface area (Å²) in [6, 6.07) is 12.0. The normalized spacial score (nSPS) is 12.9. The van der Waals surface area contributed by atoms with Gasteiger partial charge >= 0.3 is 0 Å². The van der Waals surface area contributed by atoms with Gasteiger partial charge in [0.15, 0.2) is 11.5 Å². The van der Waals surface area contributed by atoms with Crippen LogP contribution in [0.2, 0.25) is 0 Å². The number of allylic oxidation sites excluding steroid dienone is 1. The molecule has 2 aromatic rings. The Labute approximate surface area is 151 Å². The monoisotopic (exact) mass is 351 g/mol. The molecule has 6 nitrogen and oxygen atoms in total. The van der Waals surface area contributed by atoms with Gasteiger partial charge in [-0.1, -0.05) is 12.1 Å². The Bertz CT molecular complexity index is 894. The Balaban J connectivity index is 1.98. The van der Waals surface area contributed by atoms with E-state index in [1.165, 1.54) is 20.3 Å². The van der Waals surface area contributed by atoms with Crippen LogP contribution >= 0.6 is 0 Å². The highest BCUT2D eigenvalue weighted by Gasteiger charge is 2.19. The van der Waals surface area contributed by atoms with E-state index in [0.29, 0.717) is 47.3 Å². The van der Waals surface area contributed by atoms with Gasteiger partial charge in [0.25, 0.3) is 0 Å². The highest BCUT2D eigenvalue weighted by molar-refractivity contribution is 6.14. The van der Waals surface area contributed by atoms with Crippen molar-refractivity contribution >= 4 is 11.9 Å². The fraction of sp³-hybridized carbons (Fsp3) is 0.200. The highest BCUT2D eigenvalue weighted by atomic mass is 16.6. The lowest BCUT2D eigenvalue weighted by molar-refractivity contribution is 0.103. The minimum absolute atomic E-state index is 0.00279. The van der Waals surface area contributed by atoms with Crippen LogP contribution in [0, 0.1) is 11.3 Å². The largest absolute Gasteiger partial charge is 0.497 e. The van der Waals surface area contributed by atoms with Gasteiger partial charge in [-0.2, -0.15) is 5.26 Å². The van der Waals surface area contributed by atoms with Crippen molar-refractivity contribution in [3.63, 3.8) is 0 Å². The maximum atomic E-state index is 12.7. The summed E-state index contributed by atoms with van der Waals surface area (Å²) in [5.41, 5.74) is 0.984. The Morgan fingerprint density at radius 3 is 2.69 bits per heavy atom. The first kappa shape index (κ1) is 17.4. The second-order valence-electron chi connectivity index (χ2n) is 5.48. The predicted molar refractivity (Wildman–Crippen MR) is 94.9 cm³/mol. The Morgan fingerprint density at radius 2 is 1.96 bits per heavy atom. The lowest BCUT2D eigenvalue weighted by atomic mass is 10.0. The zero-order chi connectivity index (χ0) is 18.5. The SMILES string of the molecule is COc1cccc(C(=O)/C(C#N)=C/c2cc(OC)c3c(c2)OCCO3)c1. The highest BCUT2D eigenvalue weighted by Crippen LogP contribution is 2.40. The van der Waals surface area contributed by atoms with E-state index in [0.717, 1.165) is 0 Å². The van der Waals surface area contributed by atoms with Crippen molar-refractivity contribution in [2.24, 2.45) is 0 Å². The maximum Gasteiger partial charge on any atom is 0.203 e. The summed E-state index contributed by atoms with van der Waals surface area (Å²) in [6.45, 7) is 0.869. The van der Waals surface area contributed by atoms with Crippen molar-refractivity contribution in [1.82, 2.24) is 0 Å². The zero-order valence-corrected chi connectivity index (χ0v) is 14.4. The first-order valence-corrected chi connectivity index (χ1v) is 7.94. The standard InChI is InChI=1S/C20H17NO5/c1-23-16-5-3-4-14(11-16)19(22)15(12-21)8-13-9-17(24-2)20-18(10-13)25-6-7-26-20/h3-5,8-11H,6-7H2,1-2H3/b15-8+. The van der Waals surface area contributed by atoms with Gasteiger partial charge in [-0.15, -0.1) is 0 Å². The molecule has 0 saturated heterocycles. The van der Waals surface area contributed by atoms with Crippen LogP contribution in [-0.4, -0.2) is 33.2 Å². The third-order valence-electron chi connectivity index (χ3n) is 3.86. The number of rotatable bonds is 5. The number of hydrogen-bond acceptors (Lipinski definition) is 6. The van der Waals surface area contributed by atoms with E-state index in [4.69, 9.17) is 18.9 Å². The molecule has 26 heavy (non-hydrogen) atoms. The minimum atomic E-state index is -0.389. The number of methoxy groups -OCH3 is 2. The molecule has 0 aromatic heterocycles. The number of nitrogens with zero attached hydrogens (tertiary/aromatic N) is 1. The third kappa shape index (κ3) is 3.47. The Kier molecular flexibility index (Phi) is 5.09. The lowest BCUT2D eigenvalue weighted by Gasteiger charge is -2.21.